The average molecular weight is 253 g/mol. The quantitative estimate of drug-likeness (QED) is 0.785. The molecule has 0 aromatic carbocycles. The highest BCUT2D eigenvalue weighted by Gasteiger charge is 2.28. The minimum atomic E-state index is 0.169. The molecule has 104 valence electrons. The maximum absolute atomic E-state index is 11.7. The van der Waals surface area contributed by atoms with E-state index in [1.807, 2.05) is 13.8 Å². The summed E-state index contributed by atoms with van der Waals surface area (Å²) in [4.78, 5) is 14.0. The molecule has 1 amide bonds. The molecule has 18 heavy (non-hydrogen) atoms. The maximum atomic E-state index is 11.7. The Balaban J connectivity index is 1.68. The van der Waals surface area contributed by atoms with Gasteiger partial charge in [-0.25, -0.2) is 0 Å². The van der Waals surface area contributed by atoms with Gasteiger partial charge in [0, 0.05) is 12.1 Å². The van der Waals surface area contributed by atoms with Crippen LogP contribution in [0.4, 0.5) is 0 Å². The predicted molar refractivity (Wildman–Crippen MR) is 73.5 cm³/mol. The molecule has 2 saturated heterocycles. The summed E-state index contributed by atoms with van der Waals surface area (Å²) in [5, 5.41) is 6.57. The Morgan fingerprint density at radius 1 is 1.33 bits per heavy atom. The molecule has 0 aromatic heterocycles. The van der Waals surface area contributed by atoms with Crippen molar-refractivity contribution in [1.29, 1.82) is 0 Å². The summed E-state index contributed by atoms with van der Waals surface area (Å²) < 4.78 is 0. The number of nitrogens with zero attached hydrogens (tertiary/aromatic N) is 1. The molecule has 2 N–H and O–H groups in total. The molecule has 4 heteroatoms. The van der Waals surface area contributed by atoms with Crippen molar-refractivity contribution in [3.63, 3.8) is 0 Å². The lowest BCUT2D eigenvalue weighted by molar-refractivity contribution is -0.123. The summed E-state index contributed by atoms with van der Waals surface area (Å²) >= 11 is 0. The van der Waals surface area contributed by atoms with Gasteiger partial charge in [0.15, 0.2) is 0 Å². The van der Waals surface area contributed by atoms with Crippen molar-refractivity contribution in [3.05, 3.63) is 0 Å². The molecule has 2 aliphatic rings. The summed E-state index contributed by atoms with van der Waals surface area (Å²) in [7, 11) is 0. The molecular formula is C14H27N3O. The van der Waals surface area contributed by atoms with Gasteiger partial charge in [-0.2, -0.15) is 0 Å². The minimum Gasteiger partial charge on any atom is -0.353 e. The normalized spacial score (nSPS) is 26.7. The van der Waals surface area contributed by atoms with Crippen LogP contribution in [0.3, 0.4) is 0 Å². The van der Waals surface area contributed by atoms with Crippen LogP contribution in [0.25, 0.3) is 0 Å². The van der Waals surface area contributed by atoms with Gasteiger partial charge in [0.1, 0.15) is 0 Å². The minimum absolute atomic E-state index is 0.169. The highest BCUT2D eigenvalue weighted by Crippen LogP contribution is 2.25. The fourth-order valence-corrected chi connectivity index (χ4v) is 3.20. The van der Waals surface area contributed by atoms with Crippen LogP contribution in [0, 0.1) is 5.92 Å². The summed E-state index contributed by atoms with van der Waals surface area (Å²) in [6.45, 7) is 7.94. The van der Waals surface area contributed by atoms with Gasteiger partial charge in [-0.3, -0.25) is 9.69 Å². The number of nitrogens with one attached hydrogen (secondary N) is 2. The van der Waals surface area contributed by atoms with Gasteiger partial charge in [0.25, 0.3) is 0 Å². The molecule has 2 fully saturated rings. The van der Waals surface area contributed by atoms with Crippen molar-refractivity contribution in [2.45, 2.75) is 51.6 Å². The third-order valence-electron chi connectivity index (χ3n) is 4.12. The maximum Gasteiger partial charge on any atom is 0.234 e. The zero-order valence-corrected chi connectivity index (χ0v) is 11.7. The van der Waals surface area contributed by atoms with Gasteiger partial charge in [0.05, 0.1) is 6.54 Å². The van der Waals surface area contributed by atoms with Crippen molar-refractivity contribution in [2.24, 2.45) is 5.92 Å². The topological polar surface area (TPSA) is 44.4 Å². The highest BCUT2D eigenvalue weighted by atomic mass is 16.2. The number of amides is 1. The van der Waals surface area contributed by atoms with Gasteiger partial charge in [-0.1, -0.05) is 0 Å². The molecule has 2 heterocycles. The first-order chi connectivity index (χ1) is 8.65. The van der Waals surface area contributed by atoms with E-state index in [2.05, 4.69) is 15.5 Å². The number of hydrogen-bond acceptors (Lipinski definition) is 3. The number of carbonyl (C=O) groups is 1. The van der Waals surface area contributed by atoms with Gasteiger partial charge in [-0.05, 0) is 65.1 Å². The van der Waals surface area contributed by atoms with Crippen LogP contribution in [0.2, 0.25) is 0 Å². The van der Waals surface area contributed by atoms with E-state index >= 15 is 0 Å². The second kappa shape index (κ2) is 6.53. The Kier molecular flexibility index (Phi) is 5.01. The molecule has 4 nitrogen and oxygen atoms in total. The van der Waals surface area contributed by atoms with E-state index in [9.17, 15) is 4.79 Å². The Morgan fingerprint density at radius 3 is 2.61 bits per heavy atom. The first-order valence-electron chi connectivity index (χ1n) is 7.40. The van der Waals surface area contributed by atoms with Crippen molar-refractivity contribution in [2.75, 3.05) is 26.2 Å². The van der Waals surface area contributed by atoms with Crippen LogP contribution in [0.1, 0.15) is 39.5 Å². The molecule has 0 aliphatic carbocycles. The molecule has 1 unspecified atom stereocenters. The Morgan fingerprint density at radius 2 is 2.06 bits per heavy atom. The fraction of sp³-hybridized carbons (Fsp3) is 0.929. The van der Waals surface area contributed by atoms with Crippen LogP contribution in [-0.4, -0.2) is 49.1 Å². The Labute approximate surface area is 110 Å². The molecule has 2 aliphatic heterocycles. The van der Waals surface area contributed by atoms with E-state index in [4.69, 9.17) is 0 Å². The molecule has 2 rings (SSSR count). The molecule has 0 aromatic rings. The number of likely N-dealkylation sites (tertiary alicyclic amines) is 1. The molecular weight excluding hydrogens is 226 g/mol. The van der Waals surface area contributed by atoms with Gasteiger partial charge in [-0.15, -0.1) is 0 Å². The van der Waals surface area contributed by atoms with Crippen molar-refractivity contribution < 1.29 is 4.79 Å². The largest absolute Gasteiger partial charge is 0.353 e. The fourth-order valence-electron chi connectivity index (χ4n) is 3.20. The number of rotatable bonds is 4. The molecule has 0 spiro atoms. The third-order valence-corrected chi connectivity index (χ3v) is 4.12. The van der Waals surface area contributed by atoms with Gasteiger partial charge < -0.3 is 10.6 Å². The zero-order valence-electron chi connectivity index (χ0n) is 11.7. The predicted octanol–water partition coefficient (Wildman–Crippen LogP) is 0.975. The highest BCUT2D eigenvalue weighted by molar-refractivity contribution is 5.78. The van der Waals surface area contributed by atoms with Crippen LogP contribution >= 0.6 is 0 Å². The lowest BCUT2D eigenvalue weighted by Crippen LogP contribution is -2.45. The summed E-state index contributed by atoms with van der Waals surface area (Å²) in [5.74, 6) is 0.999. The number of carbonyl (C=O) groups excluding carboxylic acids is 1. The van der Waals surface area contributed by atoms with Gasteiger partial charge in [0.2, 0.25) is 5.91 Å². The smallest absolute Gasteiger partial charge is 0.234 e. The van der Waals surface area contributed by atoms with Crippen LogP contribution in [0.5, 0.6) is 0 Å². The Hall–Kier alpha value is -0.610. The number of piperidine rings is 1. The van der Waals surface area contributed by atoms with E-state index < -0.39 is 0 Å². The van der Waals surface area contributed by atoms with E-state index in [1.165, 1.54) is 32.2 Å². The van der Waals surface area contributed by atoms with E-state index in [0.717, 1.165) is 25.0 Å². The van der Waals surface area contributed by atoms with E-state index in [0.29, 0.717) is 6.54 Å². The summed E-state index contributed by atoms with van der Waals surface area (Å²) in [5.41, 5.74) is 0. The second-order valence-electron chi connectivity index (χ2n) is 6.04. The average Bonchev–Trinajstić information content (AvgIpc) is 2.82. The van der Waals surface area contributed by atoms with Crippen LogP contribution in [0.15, 0.2) is 0 Å². The SMILES string of the molecule is CC(C)NC(=O)CN1CCC(C2CCCN2)CC1. The van der Waals surface area contributed by atoms with Crippen molar-refractivity contribution >= 4 is 5.91 Å². The third kappa shape index (κ3) is 3.95. The Bertz CT molecular complexity index is 266. The van der Waals surface area contributed by atoms with Crippen molar-refractivity contribution in [1.82, 2.24) is 15.5 Å². The first kappa shape index (κ1) is 13.8. The second-order valence-corrected chi connectivity index (χ2v) is 6.04. The monoisotopic (exact) mass is 253 g/mol. The molecule has 1 atom stereocenters. The standard InChI is InChI=1S/C14H27N3O/c1-11(2)16-14(18)10-17-8-5-12(6-9-17)13-4-3-7-15-13/h11-13,15H,3-10H2,1-2H3,(H,16,18). The van der Waals surface area contributed by atoms with Crippen LogP contribution in [-0.2, 0) is 4.79 Å². The summed E-state index contributed by atoms with van der Waals surface area (Å²) in [6.07, 6.45) is 5.17. The molecule has 0 bridgehead atoms. The van der Waals surface area contributed by atoms with Crippen LogP contribution < -0.4 is 10.6 Å². The lowest BCUT2D eigenvalue weighted by Gasteiger charge is -2.34. The zero-order chi connectivity index (χ0) is 13.0. The lowest BCUT2D eigenvalue weighted by atomic mass is 9.88. The van der Waals surface area contributed by atoms with E-state index in [-0.39, 0.29) is 11.9 Å². The summed E-state index contributed by atoms with van der Waals surface area (Å²) in [6, 6.07) is 0.995. The van der Waals surface area contributed by atoms with E-state index in [1.54, 1.807) is 0 Å². The first-order valence-corrected chi connectivity index (χ1v) is 7.40. The molecule has 0 radical (unpaired) electrons. The van der Waals surface area contributed by atoms with Crippen molar-refractivity contribution in [3.8, 4) is 0 Å². The molecule has 0 saturated carbocycles. The number of hydrogen-bond donors (Lipinski definition) is 2. The van der Waals surface area contributed by atoms with Gasteiger partial charge >= 0.3 is 0 Å².